The molecule has 0 aliphatic rings. The molecule has 0 fully saturated rings. The Labute approximate surface area is 187 Å². The van der Waals surface area contributed by atoms with Crippen LogP contribution in [0.15, 0.2) is 130 Å². The van der Waals surface area contributed by atoms with E-state index in [1.54, 1.807) is 6.92 Å². The maximum atomic E-state index is 11.4. The molecule has 4 rings (SSSR count). The van der Waals surface area contributed by atoms with E-state index in [2.05, 4.69) is 97.1 Å². The predicted octanol–water partition coefficient (Wildman–Crippen LogP) is 7.24. The summed E-state index contributed by atoms with van der Waals surface area (Å²) < 4.78 is 0. The molecule has 0 saturated carbocycles. The molecular weight excluding hydrogens is 396 g/mol. The Bertz CT molecular complexity index is 1110. The van der Waals surface area contributed by atoms with Crippen LogP contribution in [0.25, 0.3) is 6.08 Å². The minimum Gasteiger partial charge on any atom is -0.295 e. The van der Waals surface area contributed by atoms with Crippen molar-refractivity contribution >= 4 is 22.8 Å². The Morgan fingerprint density at radius 2 is 1.19 bits per heavy atom. The zero-order chi connectivity index (χ0) is 21.5. The van der Waals surface area contributed by atoms with Crippen molar-refractivity contribution in [3.8, 4) is 0 Å². The third kappa shape index (κ3) is 5.42. The number of allylic oxidation sites excluding steroid dienone is 1. The summed E-state index contributed by atoms with van der Waals surface area (Å²) in [5.41, 5.74) is 3.15. The number of Topliss-reactive ketones (excluding diaryl/α,β-unsaturated/α-hetero) is 1. The zero-order valence-electron chi connectivity index (χ0n) is 17.6. The minimum atomic E-state index is -0.116. The van der Waals surface area contributed by atoms with E-state index in [1.165, 1.54) is 25.8 Å². The number of carbonyl (C=O) groups is 1. The number of rotatable bonds is 7. The average Bonchev–Trinajstić information content (AvgIpc) is 2.82. The first kappa shape index (κ1) is 20.9. The first-order valence-electron chi connectivity index (χ1n) is 10.4. The van der Waals surface area contributed by atoms with Gasteiger partial charge in [0.2, 0.25) is 0 Å². The van der Waals surface area contributed by atoms with Gasteiger partial charge in [0.05, 0.1) is 10.9 Å². The molecule has 0 amide bonds. The highest BCUT2D eigenvalue weighted by Gasteiger charge is 2.27. The molecule has 0 aromatic heterocycles. The highest BCUT2D eigenvalue weighted by Crippen LogP contribution is 2.31. The standard InChI is InChI=1S/C29H25OS/c1-23(30)26-19-15-24(16-20-26)9-8-10-25-17-21-29(22-18-25)31(27-11-4-2-5-12-27)28-13-6-3-7-14-28/h2-8,10-22H,9H2,1H3/q+1/b10-8+. The summed E-state index contributed by atoms with van der Waals surface area (Å²) >= 11 is 0. The summed E-state index contributed by atoms with van der Waals surface area (Å²) in [5, 5.41) is 0. The SMILES string of the molecule is CC(=O)c1ccc(C/C=C/c2ccc([S+](c3ccccc3)c3ccccc3)cc2)cc1. The number of benzene rings is 4. The van der Waals surface area contributed by atoms with Crippen LogP contribution < -0.4 is 0 Å². The molecule has 0 spiro atoms. The largest absolute Gasteiger partial charge is 0.295 e. The molecule has 0 heterocycles. The molecule has 4 aromatic carbocycles. The molecule has 2 heteroatoms. The van der Waals surface area contributed by atoms with Gasteiger partial charge in [-0.3, -0.25) is 4.79 Å². The maximum absolute atomic E-state index is 11.4. The van der Waals surface area contributed by atoms with Crippen molar-refractivity contribution in [1.29, 1.82) is 0 Å². The monoisotopic (exact) mass is 421 g/mol. The molecule has 152 valence electrons. The number of carbonyl (C=O) groups excluding carboxylic acids is 1. The van der Waals surface area contributed by atoms with Crippen molar-refractivity contribution in [3.63, 3.8) is 0 Å². The van der Waals surface area contributed by atoms with E-state index in [-0.39, 0.29) is 16.7 Å². The first-order chi connectivity index (χ1) is 15.2. The van der Waals surface area contributed by atoms with Crippen LogP contribution in [0.2, 0.25) is 0 Å². The van der Waals surface area contributed by atoms with Crippen LogP contribution in [0.3, 0.4) is 0 Å². The smallest absolute Gasteiger partial charge is 0.166 e. The average molecular weight is 422 g/mol. The van der Waals surface area contributed by atoms with Crippen LogP contribution in [-0.2, 0) is 17.3 Å². The van der Waals surface area contributed by atoms with Crippen LogP contribution in [0.4, 0.5) is 0 Å². The lowest BCUT2D eigenvalue weighted by molar-refractivity contribution is 0.101. The summed E-state index contributed by atoms with van der Waals surface area (Å²) in [4.78, 5) is 15.4. The van der Waals surface area contributed by atoms with Crippen molar-refractivity contribution < 1.29 is 4.79 Å². The molecule has 0 radical (unpaired) electrons. The van der Waals surface area contributed by atoms with Gasteiger partial charge < -0.3 is 0 Å². The molecule has 0 unspecified atom stereocenters. The molecule has 31 heavy (non-hydrogen) atoms. The second kappa shape index (κ2) is 10.1. The fourth-order valence-corrected chi connectivity index (χ4v) is 5.53. The zero-order valence-corrected chi connectivity index (χ0v) is 18.4. The third-order valence-corrected chi connectivity index (χ3v) is 7.33. The molecular formula is C29H25OS+. The lowest BCUT2D eigenvalue weighted by Gasteiger charge is -2.08. The van der Waals surface area contributed by atoms with Gasteiger partial charge in [0.25, 0.3) is 0 Å². The van der Waals surface area contributed by atoms with Gasteiger partial charge >= 0.3 is 0 Å². The molecule has 0 aliphatic heterocycles. The van der Waals surface area contributed by atoms with Crippen molar-refractivity contribution in [1.82, 2.24) is 0 Å². The van der Waals surface area contributed by atoms with Crippen LogP contribution in [0.1, 0.15) is 28.4 Å². The maximum Gasteiger partial charge on any atom is 0.166 e. The first-order valence-corrected chi connectivity index (χ1v) is 11.6. The summed E-state index contributed by atoms with van der Waals surface area (Å²) in [6.07, 6.45) is 5.18. The van der Waals surface area contributed by atoms with Crippen molar-refractivity contribution in [2.45, 2.75) is 28.0 Å². The summed E-state index contributed by atoms with van der Waals surface area (Å²) in [6, 6.07) is 38.1. The quantitative estimate of drug-likeness (QED) is 0.227. The van der Waals surface area contributed by atoms with Crippen LogP contribution in [0.5, 0.6) is 0 Å². The van der Waals surface area contributed by atoms with Crippen LogP contribution in [-0.4, -0.2) is 5.78 Å². The van der Waals surface area contributed by atoms with E-state index >= 15 is 0 Å². The number of hydrogen-bond donors (Lipinski definition) is 0. The summed E-state index contributed by atoms with van der Waals surface area (Å²) in [7, 11) is -0.116. The van der Waals surface area contributed by atoms with Gasteiger partial charge in [-0.15, -0.1) is 0 Å². The van der Waals surface area contributed by atoms with Crippen LogP contribution in [0, 0.1) is 0 Å². The topological polar surface area (TPSA) is 17.1 Å². The van der Waals surface area contributed by atoms with E-state index in [1.807, 2.05) is 24.3 Å². The van der Waals surface area contributed by atoms with Crippen molar-refractivity contribution in [3.05, 3.63) is 132 Å². The highest BCUT2D eigenvalue weighted by atomic mass is 32.2. The van der Waals surface area contributed by atoms with Gasteiger partial charge in [0.1, 0.15) is 0 Å². The van der Waals surface area contributed by atoms with Crippen molar-refractivity contribution in [2.24, 2.45) is 0 Å². The Morgan fingerprint density at radius 1 is 0.677 bits per heavy atom. The number of hydrogen-bond acceptors (Lipinski definition) is 1. The molecule has 0 saturated heterocycles. The molecule has 0 bridgehead atoms. The van der Waals surface area contributed by atoms with Gasteiger partial charge in [0, 0.05) is 5.56 Å². The Morgan fingerprint density at radius 3 is 1.71 bits per heavy atom. The van der Waals surface area contributed by atoms with Gasteiger partial charge in [-0.25, -0.2) is 0 Å². The van der Waals surface area contributed by atoms with E-state index in [9.17, 15) is 4.79 Å². The number of ketones is 1. The fourth-order valence-electron chi connectivity index (χ4n) is 3.44. The second-order valence-corrected chi connectivity index (χ2v) is 9.39. The van der Waals surface area contributed by atoms with E-state index in [0.29, 0.717) is 0 Å². The van der Waals surface area contributed by atoms with Gasteiger partial charge in [-0.1, -0.05) is 72.8 Å². The minimum absolute atomic E-state index is 0.104. The van der Waals surface area contributed by atoms with Crippen molar-refractivity contribution in [2.75, 3.05) is 0 Å². The Balaban J connectivity index is 1.50. The normalized spacial score (nSPS) is 11.2. The Kier molecular flexibility index (Phi) is 6.81. The molecule has 0 atom stereocenters. The van der Waals surface area contributed by atoms with Crippen LogP contribution >= 0.6 is 0 Å². The van der Waals surface area contributed by atoms with E-state index < -0.39 is 0 Å². The van der Waals surface area contributed by atoms with Gasteiger partial charge in [-0.05, 0) is 73.0 Å². The van der Waals surface area contributed by atoms with E-state index in [0.717, 1.165) is 12.0 Å². The third-order valence-electron chi connectivity index (χ3n) is 5.10. The second-order valence-electron chi connectivity index (χ2n) is 7.36. The fraction of sp³-hybridized carbons (Fsp3) is 0.0690. The van der Waals surface area contributed by atoms with Gasteiger partial charge in [-0.2, -0.15) is 0 Å². The lowest BCUT2D eigenvalue weighted by atomic mass is 10.1. The molecule has 4 aromatic rings. The summed E-state index contributed by atoms with van der Waals surface area (Å²) in [6.45, 7) is 1.60. The Hall–Kier alpha value is -3.36. The van der Waals surface area contributed by atoms with E-state index in [4.69, 9.17) is 0 Å². The predicted molar refractivity (Wildman–Crippen MR) is 131 cm³/mol. The highest BCUT2D eigenvalue weighted by molar-refractivity contribution is 7.97. The molecule has 1 nitrogen and oxygen atoms in total. The van der Waals surface area contributed by atoms with Gasteiger partial charge in [0.15, 0.2) is 20.5 Å². The lowest BCUT2D eigenvalue weighted by Crippen LogP contribution is -2.04. The molecule has 0 aliphatic carbocycles. The summed E-state index contributed by atoms with van der Waals surface area (Å²) in [5.74, 6) is 0.104. The molecule has 0 N–H and O–H groups in total.